The van der Waals surface area contributed by atoms with E-state index in [2.05, 4.69) is 96.0 Å². The monoisotopic (exact) mass is 410 g/mol. The maximum Gasteiger partial charge on any atom is 0.0534 e. The average molecular weight is 411 g/mol. The maximum absolute atomic E-state index is 6.34. The molecule has 1 heterocycles. The second-order valence-corrected chi connectivity index (χ2v) is 8.16. The normalized spacial score (nSPS) is 11.2. The van der Waals surface area contributed by atoms with Crippen molar-refractivity contribution in [1.29, 1.82) is 0 Å². The van der Waals surface area contributed by atoms with Crippen molar-refractivity contribution in [2.24, 2.45) is 0 Å². The van der Waals surface area contributed by atoms with E-state index in [9.17, 15) is 0 Å². The number of para-hydroxylation sites is 1. The summed E-state index contributed by atoms with van der Waals surface area (Å²) in [5.74, 6) is 0. The number of H-pyrrole nitrogens is 1. The minimum atomic E-state index is 0.791. The number of aromatic nitrogens is 1. The van der Waals surface area contributed by atoms with Gasteiger partial charge in [-0.1, -0.05) is 72.8 Å². The van der Waals surface area contributed by atoms with E-state index in [1.165, 1.54) is 38.4 Å². The molecule has 0 radical (unpaired) electrons. The molecule has 1 aromatic heterocycles. The summed E-state index contributed by atoms with van der Waals surface area (Å²) in [7, 11) is 0. The molecule has 2 nitrogen and oxygen atoms in total. The second-order valence-electron chi connectivity index (χ2n) is 8.16. The Hall–Kier alpha value is -4.30. The second kappa shape index (κ2) is 7.44. The number of fused-ring (bicyclic) bond motifs is 2. The maximum atomic E-state index is 6.34. The number of rotatable bonds is 3. The van der Waals surface area contributed by atoms with Crippen LogP contribution in [0.1, 0.15) is 0 Å². The number of anilines is 1. The van der Waals surface area contributed by atoms with Crippen LogP contribution >= 0.6 is 0 Å². The summed E-state index contributed by atoms with van der Waals surface area (Å²) in [5, 5.41) is 3.65. The molecule has 0 atom stereocenters. The number of nitrogen functional groups attached to an aromatic ring is 1. The number of nitrogens with two attached hydrogens (primary N) is 1. The van der Waals surface area contributed by atoms with Crippen molar-refractivity contribution < 1.29 is 0 Å². The van der Waals surface area contributed by atoms with Crippen molar-refractivity contribution in [3.63, 3.8) is 0 Å². The zero-order chi connectivity index (χ0) is 21.5. The molecule has 32 heavy (non-hydrogen) atoms. The quantitative estimate of drug-likeness (QED) is 0.286. The largest absolute Gasteiger partial charge is 0.398 e. The Morgan fingerprint density at radius 1 is 0.500 bits per heavy atom. The summed E-state index contributed by atoms with van der Waals surface area (Å²) in [4.78, 5) is 3.43. The van der Waals surface area contributed by atoms with Crippen LogP contribution in [0.15, 0.2) is 115 Å². The lowest BCUT2D eigenvalue weighted by molar-refractivity contribution is 1.47. The molecule has 0 aliphatic carbocycles. The summed E-state index contributed by atoms with van der Waals surface area (Å²) < 4.78 is 0. The third-order valence-electron chi connectivity index (χ3n) is 6.19. The third kappa shape index (κ3) is 3.05. The molecule has 3 N–H and O–H groups in total. The van der Waals surface area contributed by atoms with Crippen molar-refractivity contribution in [1.82, 2.24) is 4.98 Å². The highest BCUT2D eigenvalue weighted by molar-refractivity contribution is 6.05. The predicted molar refractivity (Wildman–Crippen MR) is 137 cm³/mol. The summed E-state index contributed by atoms with van der Waals surface area (Å²) in [6.07, 6.45) is 2.01. The van der Waals surface area contributed by atoms with Crippen molar-refractivity contribution in [3.05, 3.63) is 115 Å². The molecule has 0 saturated heterocycles. The van der Waals surface area contributed by atoms with Crippen LogP contribution in [0.5, 0.6) is 0 Å². The Labute approximate surface area is 187 Å². The van der Waals surface area contributed by atoms with Crippen LogP contribution in [0, 0.1) is 0 Å². The lowest BCUT2D eigenvalue weighted by Gasteiger charge is -2.14. The fourth-order valence-corrected chi connectivity index (χ4v) is 4.64. The van der Waals surface area contributed by atoms with Gasteiger partial charge in [0.25, 0.3) is 0 Å². The molecule has 5 aromatic carbocycles. The molecule has 0 aliphatic heterocycles. The van der Waals surface area contributed by atoms with Gasteiger partial charge >= 0.3 is 0 Å². The van der Waals surface area contributed by atoms with E-state index in [0.717, 1.165) is 22.3 Å². The SMILES string of the molecule is Nc1ccccc1-c1cc(-c2cc(-c3ccccc3)c3[nH]ccc3c2)c2ccccc2c1. The third-order valence-corrected chi connectivity index (χ3v) is 6.19. The van der Waals surface area contributed by atoms with Crippen LogP contribution in [0.3, 0.4) is 0 Å². The van der Waals surface area contributed by atoms with Crippen LogP contribution in [0.2, 0.25) is 0 Å². The van der Waals surface area contributed by atoms with Gasteiger partial charge < -0.3 is 10.7 Å². The summed E-state index contributed by atoms with van der Waals surface area (Å²) in [6, 6.07) is 38.4. The summed E-state index contributed by atoms with van der Waals surface area (Å²) in [6.45, 7) is 0. The molecule has 0 aliphatic rings. The van der Waals surface area contributed by atoms with Gasteiger partial charge in [-0.05, 0) is 69.4 Å². The van der Waals surface area contributed by atoms with E-state index in [1.807, 2.05) is 24.4 Å². The van der Waals surface area contributed by atoms with Crippen molar-refractivity contribution >= 4 is 27.4 Å². The minimum Gasteiger partial charge on any atom is -0.398 e. The molecule has 6 rings (SSSR count). The zero-order valence-electron chi connectivity index (χ0n) is 17.5. The van der Waals surface area contributed by atoms with E-state index >= 15 is 0 Å². The van der Waals surface area contributed by atoms with Crippen LogP contribution < -0.4 is 5.73 Å². The molecule has 2 heteroatoms. The Morgan fingerprint density at radius 3 is 2.06 bits per heavy atom. The van der Waals surface area contributed by atoms with Crippen molar-refractivity contribution in [2.45, 2.75) is 0 Å². The van der Waals surface area contributed by atoms with Gasteiger partial charge in [0.15, 0.2) is 0 Å². The van der Waals surface area contributed by atoms with E-state index < -0.39 is 0 Å². The highest BCUT2D eigenvalue weighted by Crippen LogP contribution is 2.39. The molecule has 0 spiro atoms. The molecule has 0 bridgehead atoms. The Kier molecular flexibility index (Phi) is 4.29. The van der Waals surface area contributed by atoms with Crippen LogP contribution in [-0.4, -0.2) is 4.98 Å². The molecule has 152 valence electrons. The van der Waals surface area contributed by atoms with Gasteiger partial charge in [-0.25, -0.2) is 0 Å². The van der Waals surface area contributed by atoms with Crippen molar-refractivity contribution in [2.75, 3.05) is 5.73 Å². The number of aromatic amines is 1. The van der Waals surface area contributed by atoms with Crippen LogP contribution in [-0.2, 0) is 0 Å². The molecule has 0 fully saturated rings. The first-order valence-corrected chi connectivity index (χ1v) is 10.8. The Bertz CT molecular complexity index is 1580. The molecule has 6 aromatic rings. The van der Waals surface area contributed by atoms with E-state index in [1.54, 1.807) is 0 Å². The van der Waals surface area contributed by atoms with Gasteiger partial charge in [-0.3, -0.25) is 0 Å². The Balaban J connectivity index is 1.66. The van der Waals surface area contributed by atoms with Gasteiger partial charge in [0.2, 0.25) is 0 Å². The highest BCUT2D eigenvalue weighted by atomic mass is 14.7. The standard InChI is InChI=1S/C30H22N2/c31-29-13-7-6-12-26(29)23-16-21-10-4-5-11-25(21)27(18-23)24-17-22-14-15-32-30(22)28(19-24)20-8-2-1-3-9-20/h1-19,32H,31H2. The van der Waals surface area contributed by atoms with Gasteiger partial charge in [0.05, 0.1) is 5.52 Å². The van der Waals surface area contributed by atoms with E-state index in [4.69, 9.17) is 5.73 Å². The smallest absolute Gasteiger partial charge is 0.0534 e. The van der Waals surface area contributed by atoms with Crippen LogP contribution in [0.25, 0.3) is 55.1 Å². The number of benzene rings is 5. The molecule has 0 amide bonds. The van der Waals surface area contributed by atoms with Crippen LogP contribution in [0.4, 0.5) is 5.69 Å². The predicted octanol–water partition coefficient (Wildman–Crippen LogP) is 7.90. The minimum absolute atomic E-state index is 0.791. The average Bonchev–Trinajstić information content (AvgIpc) is 3.32. The van der Waals surface area contributed by atoms with Gasteiger partial charge in [-0.2, -0.15) is 0 Å². The lowest BCUT2D eigenvalue weighted by atomic mass is 9.90. The topological polar surface area (TPSA) is 41.8 Å². The first kappa shape index (κ1) is 18.5. The highest BCUT2D eigenvalue weighted by Gasteiger charge is 2.13. The molecule has 0 unspecified atom stereocenters. The van der Waals surface area contributed by atoms with Gasteiger partial charge in [0.1, 0.15) is 0 Å². The summed E-state index contributed by atoms with van der Waals surface area (Å²) >= 11 is 0. The molecule has 0 saturated carbocycles. The van der Waals surface area contributed by atoms with E-state index in [-0.39, 0.29) is 0 Å². The molecular weight excluding hydrogens is 388 g/mol. The molecular formula is C30H22N2. The Morgan fingerprint density at radius 2 is 1.19 bits per heavy atom. The van der Waals surface area contributed by atoms with E-state index in [0.29, 0.717) is 0 Å². The number of hydrogen-bond acceptors (Lipinski definition) is 1. The first-order valence-electron chi connectivity index (χ1n) is 10.8. The lowest BCUT2D eigenvalue weighted by Crippen LogP contribution is -1.91. The number of hydrogen-bond donors (Lipinski definition) is 2. The van der Waals surface area contributed by atoms with Gasteiger partial charge in [-0.15, -0.1) is 0 Å². The van der Waals surface area contributed by atoms with Crippen molar-refractivity contribution in [3.8, 4) is 33.4 Å². The first-order chi connectivity index (χ1) is 15.8. The summed E-state index contributed by atoms with van der Waals surface area (Å²) in [5.41, 5.74) is 15.3. The zero-order valence-corrected chi connectivity index (χ0v) is 17.5. The van der Waals surface area contributed by atoms with Gasteiger partial charge in [0, 0.05) is 28.4 Å². The number of nitrogens with one attached hydrogen (secondary N) is 1. The fraction of sp³-hybridized carbons (Fsp3) is 0. The fourth-order valence-electron chi connectivity index (χ4n) is 4.64.